The molecule has 3 nitrogen and oxygen atoms in total. The molecule has 1 aromatic heterocycles. The van der Waals surface area contributed by atoms with Crippen molar-refractivity contribution in [2.24, 2.45) is 5.41 Å². The molecule has 6 heteroatoms. The van der Waals surface area contributed by atoms with Gasteiger partial charge in [-0.3, -0.25) is 4.98 Å². The molecule has 0 aliphatic rings. The molecule has 0 amide bonds. The van der Waals surface area contributed by atoms with Crippen LogP contribution in [0.1, 0.15) is 37.9 Å². The number of aliphatic hydroxyl groups is 1. The summed E-state index contributed by atoms with van der Waals surface area (Å²) in [6.45, 7) is 4.69. The van der Waals surface area contributed by atoms with Gasteiger partial charge in [0, 0.05) is 19.3 Å². The van der Waals surface area contributed by atoms with Crippen LogP contribution in [0.4, 0.5) is 13.2 Å². The summed E-state index contributed by atoms with van der Waals surface area (Å²) in [6, 6.07) is 2.33. The number of rotatable bonds is 7. The second-order valence-corrected chi connectivity index (χ2v) is 5.60. The number of hydrogen-bond donors (Lipinski definition) is 2. The minimum Gasteiger partial charge on any atom is -0.396 e. The molecule has 0 saturated carbocycles. The predicted octanol–water partition coefficient (Wildman–Crippen LogP) is 2.99. The third-order valence-corrected chi connectivity index (χ3v) is 3.12. The Hall–Kier alpha value is -1.14. The van der Waals surface area contributed by atoms with Gasteiger partial charge >= 0.3 is 6.18 Å². The standard InChI is InChI=1S/C14H21F3N2O/c1-13(2,10-20)6-4-7-18-9-12-11(14(15,16)17)5-3-8-19-12/h3,5,8,18,20H,4,6-7,9-10H2,1-2H3. The molecule has 0 fully saturated rings. The van der Waals surface area contributed by atoms with Crippen molar-refractivity contribution in [1.82, 2.24) is 10.3 Å². The number of halogens is 3. The van der Waals surface area contributed by atoms with E-state index in [1.54, 1.807) is 0 Å². The van der Waals surface area contributed by atoms with Gasteiger partial charge in [0.25, 0.3) is 0 Å². The molecule has 0 bridgehead atoms. The van der Waals surface area contributed by atoms with Gasteiger partial charge in [0.2, 0.25) is 0 Å². The fraction of sp³-hybridized carbons (Fsp3) is 0.643. The van der Waals surface area contributed by atoms with E-state index in [0.717, 1.165) is 18.9 Å². The lowest BCUT2D eigenvalue weighted by Crippen LogP contribution is -2.22. The van der Waals surface area contributed by atoms with Gasteiger partial charge in [0.05, 0.1) is 11.3 Å². The SMILES string of the molecule is CC(C)(CO)CCCNCc1ncccc1C(F)(F)F. The fourth-order valence-electron chi connectivity index (χ4n) is 1.81. The van der Waals surface area contributed by atoms with Gasteiger partial charge in [-0.2, -0.15) is 13.2 Å². The summed E-state index contributed by atoms with van der Waals surface area (Å²) in [5, 5.41) is 12.1. The summed E-state index contributed by atoms with van der Waals surface area (Å²) in [4.78, 5) is 3.79. The molecule has 2 N–H and O–H groups in total. The molecule has 0 aromatic carbocycles. The molecular formula is C14H21F3N2O. The van der Waals surface area contributed by atoms with Crippen LogP contribution < -0.4 is 5.32 Å². The van der Waals surface area contributed by atoms with E-state index in [1.807, 2.05) is 13.8 Å². The summed E-state index contributed by atoms with van der Waals surface area (Å²) in [5.74, 6) is 0. The van der Waals surface area contributed by atoms with Gasteiger partial charge in [-0.15, -0.1) is 0 Å². The van der Waals surface area contributed by atoms with Crippen molar-refractivity contribution >= 4 is 0 Å². The first-order chi connectivity index (χ1) is 9.26. The zero-order valence-electron chi connectivity index (χ0n) is 11.8. The lowest BCUT2D eigenvalue weighted by molar-refractivity contribution is -0.138. The van der Waals surface area contributed by atoms with Crippen LogP contribution >= 0.6 is 0 Å². The molecule has 1 heterocycles. The van der Waals surface area contributed by atoms with Crippen molar-refractivity contribution in [1.29, 1.82) is 0 Å². The van der Waals surface area contributed by atoms with Crippen molar-refractivity contribution in [3.63, 3.8) is 0 Å². The van der Waals surface area contributed by atoms with Crippen LogP contribution in [-0.4, -0.2) is 23.2 Å². The highest BCUT2D eigenvalue weighted by Gasteiger charge is 2.33. The highest BCUT2D eigenvalue weighted by Crippen LogP contribution is 2.30. The van der Waals surface area contributed by atoms with Crippen LogP contribution in [0.25, 0.3) is 0 Å². The zero-order chi connectivity index (χ0) is 15.2. The first-order valence-electron chi connectivity index (χ1n) is 6.59. The second-order valence-electron chi connectivity index (χ2n) is 5.60. The lowest BCUT2D eigenvalue weighted by atomic mass is 9.89. The van der Waals surface area contributed by atoms with Crippen LogP contribution in [0.15, 0.2) is 18.3 Å². The smallest absolute Gasteiger partial charge is 0.396 e. The highest BCUT2D eigenvalue weighted by molar-refractivity contribution is 5.22. The summed E-state index contributed by atoms with van der Waals surface area (Å²) >= 11 is 0. The Balaban J connectivity index is 2.44. The number of hydrogen-bond acceptors (Lipinski definition) is 3. The Morgan fingerprint density at radius 3 is 2.60 bits per heavy atom. The van der Waals surface area contributed by atoms with E-state index >= 15 is 0 Å². The summed E-state index contributed by atoms with van der Waals surface area (Å²) in [5.41, 5.74) is -0.825. The Labute approximate surface area is 117 Å². The van der Waals surface area contributed by atoms with Gasteiger partial charge in [0.1, 0.15) is 0 Å². The maximum Gasteiger partial charge on any atom is 0.418 e. The summed E-state index contributed by atoms with van der Waals surface area (Å²) in [6.07, 6.45) is -1.40. The van der Waals surface area contributed by atoms with Crippen LogP contribution in [0.3, 0.4) is 0 Å². The second kappa shape index (κ2) is 7.04. The van der Waals surface area contributed by atoms with Crippen LogP contribution in [0.5, 0.6) is 0 Å². The number of aliphatic hydroxyl groups excluding tert-OH is 1. The first kappa shape index (κ1) is 16.9. The predicted molar refractivity (Wildman–Crippen MR) is 71.0 cm³/mol. The van der Waals surface area contributed by atoms with Gasteiger partial charge in [-0.05, 0) is 36.9 Å². The maximum absolute atomic E-state index is 12.7. The monoisotopic (exact) mass is 290 g/mol. The minimum atomic E-state index is -4.37. The van der Waals surface area contributed by atoms with Gasteiger partial charge in [0.15, 0.2) is 0 Å². The molecule has 1 rings (SSSR count). The lowest BCUT2D eigenvalue weighted by Gasteiger charge is -2.21. The number of alkyl halides is 3. The molecule has 0 radical (unpaired) electrons. The van der Waals surface area contributed by atoms with Crippen LogP contribution in [0.2, 0.25) is 0 Å². The van der Waals surface area contributed by atoms with E-state index < -0.39 is 11.7 Å². The third-order valence-electron chi connectivity index (χ3n) is 3.12. The molecule has 0 aliphatic carbocycles. The quantitative estimate of drug-likeness (QED) is 0.759. The molecule has 0 saturated heterocycles. The number of nitrogens with one attached hydrogen (secondary N) is 1. The van der Waals surface area contributed by atoms with E-state index in [2.05, 4.69) is 10.3 Å². The topological polar surface area (TPSA) is 45.1 Å². The van der Waals surface area contributed by atoms with E-state index in [-0.39, 0.29) is 24.3 Å². The molecule has 114 valence electrons. The number of aromatic nitrogens is 1. The van der Waals surface area contributed by atoms with Gasteiger partial charge in [-0.25, -0.2) is 0 Å². The molecule has 20 heavy (non-hydrogen) atoms. The molecule has 0 spiro atoms. The van der Waals surface area contributed by atoms with Gasteiger partial charge in [-0.1, -0.05) is 13.8 Å². The highest BCUT2D eigenvalue weighted by atomic mass is 19.4. The van der Waals surface area contributed by atoms with Crippen molar-refractivity contribution < 1.29 is 18.3 Å². The fourth-order valence-corrected chi connectivity index (χ4v) is 1.81. The molecule has 0 atom stereocenters. The van der Waals surface area contributed by atoms with E-state index in [9.17, 15) is 13.2 Å². The Kier molecular flexibility index (Phi) is 5.95. The summed E-state index contributed by atoms with van der Waals surface area (Å²) < 4.78 is 38.2. The zero-order valence-corrected chi connectivity index (χ0v) is 11.8. The number of pyridine rings is 1. The van der Waals surface area contributed by atoms with Crippen LogP contribution in [-0.2, 0) is 12.7 Å². The Bertz CT molecular complexity index is 419. The Morgan fingerprint density at radius 2 is 2.00 bits per heavy atom. The average Bonchev–Trinajstić information content (AvgIpc) is 2.37. The average molecular weight is 290 g/mol. The number of nitrogens with zero attached hydrogens (tertiary/aromatic N) is 1. The largest absolute Gasteiger partial charge is 0.418 e. The van der Waals surface area contributed by atoms with E-state index in [0.29, 0.717) is 6.54 Å². The first-order valence-corrected chi connectivity index (χ1v) is 6.59. The van der Waals surface area contributed by atoms with Crippen LogP contribution in [0, 0.1) is 5.41 Å². The van der Waals surface area contributed by atoms with Crippen molar-refractivity contribution in [2.45, 2.75) is 39.4 Å². The molecular weight excluding hydrogens is 269 g/mol. The third kappa shape index (κ3) is 5.46. The normalized spacial score (nSPS) is 12.7. The van der Waals surface area contributed by atoms with Crippen molar-refractivity contribution in [2.75, 3.05) is 13.2 Å². The van der Waals surface area contributed by atoms with Crippen molar-refractivity contribution in [3.05, 3.63) is 29.6 Å². The summed E-state index contributed by atoms with van der Waals surface area (Å²) in [7, 11) is 0. The minimum absolute atomic E-state index is 0.0152. The van der Waals surface area contributed by atoms with Crippen molar-refractivity contribution in [3.8, 4) is 0 Å². The van der Waals surface area contributed by atoms with E-state index in [4.69, 9.17) is 5.11 Å². The van der Waals surface area contributed by atoms with Gasteiger partial charge < -0.3 is 10.4 Å². The molecule has 0 aliphatic heterocycles. The van der Waals surface area contributed by atoms with E-state index in [1.165, 1.54) is 12.3 Å². The molecule has 0 unspecified atom stereocenters. The Morgan fingerprint density at radius 1 is 1.30 bits per heavy atom. The maximum atomic E-state index is 12.7. The molecule has 1 aromatic rings.